The first-order chi connectivity index (χ1) is 14.3. The topological polar surface area (TPSA) is 68.7 Å². The van der Waals surface area contributed by atoms with Crippen LogP contribution in [-0.2, 0) is 16.1 Å². The SMILES string of the molecule is COCCCN1C2=NC3C(C(=O)N(Cc4ccc(C)cc4)C(=O)N3C)N2C(C)=C1C. The maximum atomic E-state index is 13.5. The molecule has 160 valence electrons. The molecule has 0 saturated carbocycles. The fraction of sp³-hybridized carbons (Fsp3) is 0.500. The molecular formula is C22H29N5O3. The largest absolute Gasteiger partial charge is 0.385 e. The summed E-state index contributed by atoms with van der Waals surface area (Å²) in [6.07, 6.45) is 0.341. The van der Waals surface area contributed by atoms with Crippen molar-refractivity contribution in [3.05, 3.63) is 46.8 Å². The molecule has 0 radical (unpaired) electrons. The number of allylic oxidation sites excluding steroid dienone is 2. The van der Waals surface area contributed by atoms with Crippen LogP contribution in [0.25, 0.3) is 0 Å². The number of guanidine groups is 1. The lowest BCUT2D eigenvalue weighted by atomic mass is 10.1. The van der Waals surface area contributed by atoms with Gasteiger partial charge in [-0.1, -0.05) is 29.8 Å². The van der Waals surface area contributed by atoms with E-state index in [1.165, 1.54) is 4.90 Å². The van der Waals surface area contributed by atoms with Gasteiger partial charge >= 0.3 is 6.03 Å². The lowest BCUT2D eigenvalue weighted by molar-refractivity contribution is -0.137. The van der Waals surface area contributed by atoms with E-state index in [1.807, 2.05) is 49.9 Å². The van der Waals surface area contributed by atoms with Crippen LogP contribution in [-0.4, -0.2) is 77.0 Å². The number of hydrogen-bond donors (Lipinski definition) is 0. The van der Waals surface area contributed by atoms with E-state index in [4.69, 9.17) is 9.73 Å². The molecule has 1 aromatic carbocycles. The number of rotatable bonds is 6. The molecule has 0 bridgehead atoms. The third-order valence-corrected chi connectivity index (χ3v) is 6.20. The van der Waals surface area contributed by atoms with Gasteiger partial charge in [0.1, 0.15) is 0 Å². The van der Waals surface area contributed by atoms with E-state index in [2.05, 4.69) is 4.90 Å². The maximum absolute atomic E-state index is 13.5. The average Bonchev–Trinajstić information content (AvgIpc) is 3.22. The smallest absolute Gasteiger partial charge is 0.328 e. The Morgan fingerprint density at radius 1 is 1.03 bits per heavy atom. The van der Waals surface area contributed by atoms with Crippen LogP contribution >= 0.6 is 0 Å². The first-order valence-corrected chi connectivity index (χ1v) is 10.3. The number of urea groups is 1. The molecule has 0 aromatic heterocycles. The Hall–Kier alpha value is -2.87. The molecule has 2 unspecified atom stereocenters. The number of aryl methyl sites for hydroxylation is 1. The number of carbonyl (C=O) groups is 2. The van der Waals surface area contributed by atoms with Gasteiger partial charge in [-0.25, -0.2) is 9.79 Å². The molecule has 1 fully saturated rings. The molecule has 1 aromatic rings. The molecule has 3 aliphatic heterocycles. The molecule has 3 heterocycles. The number of likely N-dealkylation sites (N-methyl/N-ethyl adjacent to an activating group) is 1. The number of imide groups is 1. The van der Waals surface area contributed by atoms with Crippen molar-refractivity contribution in [1.82, 2.24) is 19.6 Å². The lowest BCUT2D eigenvalue weighted by Gasteiger charge is -2.40. The average molecular weight is 412 g/mol. The predicted octanol–water partition coefficient (Wildman–Crippen LogP) is 2.36. The standard InChI is InChI=1S/C22H29N5O3/c1-14-7-9-17(10-8-14)13-26-20(28)18-19(24(4)22(26)29)23-21-25(11-6-12-30-5)15(2)16(3)27(18)21/h7-10,18-19H,6,11-13H2,1-5H3. The third kappa shape index (κ3) is 3.15. The number of carbonyl (C=O) groups excluding carboxylic acids is 2. The van der Waals surface area contributed by atoms with Crippen LogP contribution in [0.15, 0.2) is 40.7 Å². The second-order valence-corrected chi connectivity index (χ2v) is 8.13. The van der Waals surface area contributed by atoms with Crippen molar-refractivity contribution in [2.45, 2.75) is 45.9 Å². The molecular weight excluding hydrogens is 382 g/mol. The van der Waals surface area contributed by atoms with E-state index in [0.29, 0.717) is 6.61 Å². The second-order valence-electron chi connectivity index (χ2n) is 8.13. The van der Waals surface area contributed by atoms with Gasteiger partial charge in [-0.3, -0.25) is 14.6 Å². The minimum absolute atomic E-state index is 0.201. The molecule has 2 atom stereocenters. The van der Waals surface area contributed by atoms with Gasteiger partial charge in [-0.15, -0.1) is 0 Å². The highest BCUT2D eigenvalue weighted by Gasteiger charge is 2.55. The molecule has 8 nitrogen and oxygen atoms in total. The first-order valence-electron chi connectivity index (χ1n) is 10.3. The van der Waals surface area contributed by atoms with Gasteiger partial charge < -0.3 is 14.5 Å². The Labute approximate surface area is 177 Å². The van der Waals surface area contributed by atoms with Gasteiger partial charge in [0.2, 0.25) is 5.96 Å². The molecule has 30 heavy (non-hydrogen) atoms. The van der Waals surface area contributed by atoms with Crippen molar-refractivity contribution < 1.29 is 14.3 Å². The van der Waals surface area contributed by atoms with Crippen molar-refractivity contribution in [1.29, 1.82) is 0 Å². The van der Waals surface area contributed by atoms with Gasteiger partial charge in [0.25, 0.3) is 5.91 Å². The van der Waals surface area contributed by atoms with Crippen LogP contribution in [0.5, 0.6) is 0 Å². The number of nitrogens with zero attached hydrogens (tertiary/aromatic N) is 5. The zero-order valence-electron chi connectivity index (χ0n) is 18.3. The summed E-state index contributed by atoms with van der Waals surface area (Å²) in [5.74, 6) is 0.551. The number of aliphatic imine (C=N–C) groups is 1. The molecule has 3 amide bonds. The Morgan fingerprint density at radius 2 is 1.73 bits per heavy atom. The molecule has 8 heteroatoms. The van der Waals surface area contributed by atoms with Crippen LogP contribution in [0.4, 0.5) is 4.79 Å². The van der Waals surface area contributed by atoms with Gasteiger partial charge in [-0.2, -0.15) is 0 Å². The fourth-order valence-corrected chi connectivity index (χ4v) is 4.34. The molecule has 4 rings (SSSR count). The van der Waals surface area contributed by atoms with E-state index >= 15 is 0 Å². The number of amides is 3. The Balaban J connectivity index is 1.61. The monoisotopic (exact) mass is 411 g/mol. The summed E-state index contributed by atoms with van der Waals surface area (Å²) in [4.78, 5) is 38.4. The Kier molecular flexibility index (Phi) is 5.27. The summed E-state index contributed by atoms with van der Waals surface area (Å²) >= 11 is 0. The summed E-state index contributed by atoms with van der Waals surface area (Å²) in [7, 11) is 3.41. The minimum Gasteiger partial charge on any atom is -0.385 e. The van der Waals surface area contributed by atoms with E-state index in [1.54, 1.807) is 19.1 Å². The minimum atomic E-state index is -0.532. The van der Waals surface area contributed by atoms with E-state index in [0.717, 1.165) is 41.4 Å². The van der Waals surface area contributed by atoms with Crippen molar-refractivity contribution in [3.8, 4) is 0 Å². The highest BCUT2D eigenvalue weighted by Crippen LogP contribution is 2.38. The quantitative estimate of drug-likeness (QED) is 0.672. The van der Waals surface area contributed by atoms with Gasteiger partial charge in [0, 0.05) is 38.7 Å². The summed E-state index contributed by atoms with van der Waals surface area (Å²) in [5.41, 5.74) is 4.16. The summed E-state index contributed by atoms with van der Waals surface area (Å²) in [6, 6.07) is 7.06. The van der Waals surface area contributed by atoms with Crippen molar-refractivity contribution in [2.24, 2.45) is 4.99 Å². The normalized spacial score (nSPS) is 23.4. The van der Waals surface area contributed by atoms with Crippen molar-refractivity contribution >= 4 is 17.9 Å². The number of hydrogen-bond acceptors (Lipinski definition) is 6. The van der Waals surface area contributed by atoms with Crippen molar-refractivity contribution in [2.75, 3.05) is 27.3 Å². The molecule has 0 spiro atoms. The molecule has 0 N–H and O–H groups in total. The van der Waals surface area contributed by atoms with Gasteiger partial charge in [0.05, 0.1) is 6.54 Å². The van der Waals surface area contributed by atoms with Crippen LogP contribution in [0.1, 0.15) is 31.4 Å². The fourth-order valence-electron chi connectivity index (χ4n) is 4.34. The highest BCUT2D eigenvalue weighted by atomic mass is 16.5. The Bertz CT molecular complexity index is 923. The summed E-state index contributed by atoms with van der Waals surface area (Å²) in [5, 5.41) is 0. The zero-order chi connectivity index (χ0) is 21.6. The molecule has 3 aliphatic rings. The van der Waals surface area contributed by atoms with Crippen LogP contribution < -0.4 is 0 Å². The number of benzene rings is 1. The van der Waals surface area contributed by atoms with Gasteiger partial charge in [-0.05, 0) is 32.8 Å². The second kappa shape index (κ2) is 7.75. The molecule has 1 saturated heterocycles. The first kappa shape index (κ1) is 20.4. The van der Waals surface area contributed by atoms with Crippen LogP contribution in [0, 0.1) is 6.92 Å². The van der Waals surface area contributed by atoms with Crippen molar-refractivity contribution in [3.63, 3.8) is 0 Å². The zero-order valence-corrected chi connectivity index (χ0v) is 18.3. The van der Waals surface area contributed by atoms with Crippen LogP contribution in [0.2, 0.25) is 0 Å². The van der Waals surface area contributed by atoms with Gasteiger partial charge in [0.15, 0.2) is 12.2 Å². The number of methoxy groups -OCH3 is 1. The Morgan fingerprint density at radius 3 is 2.40 bits per heavy atom. The predicted molar refractivity (Wildman–Crippen MR) is 113 cm³/mol. The third-order valence-electron chi connectivity index (χ3n) is 6.20. The van der Waals surface area contributed by atoms with E-state index in [-0.39, 0.29) is 18.5 Å². The number of fused-ring (bicyclic) bond motifs is 3. The number of ether oxygens (including phenoxy) is 1. The van der Waals surface area contributed by atoms with Crippen LogP contribution in [0.3, 0.4) is 0 Å². The maximum Gasteiger partial charge on any atom is 0.328 e. The summed E-state index contributed by atoms with van der Waals surface area (Å²) in [6.45, 7) is 7.74. The summed E-state index contributed by atoms with van der Waals surface area (Å²) < 4.78 is 5.19. The van der Waals surface area contributed by atoms with E-state index < -0.39 is 12.2 Å². The molecule has 0 aliphatic carbocycles. The van der Waals surface area contributed by atoms with E-state index in [9.17, 15) is 9.59 Å². The lowest BCUT2D eigenvalue weighted by Crippen LogP contribution is -2.64. The highest BCUT2D eigenvalue weighted by molar-refractivity contribution is 6.05.